The lowest BCUT2D eigenvalue weighted by Gasteiger charge is -2.25. The van der Waals surface area contributed by atoms with Crippen LogP contribution in [-0.4, -0.2) is 29.1 Å². The Balaban J connectivity index is 2.30. The highest BCUT2D eigenvalue weighted by Gasteiger charge is 2.26. The lowest BCUT2D eigenvalue weighted by Crippen LogP contribution is -2.25. The molecular formula is C11H12N2O5. The van der Waals surface area contributed by atoms with Gasteiger partial charge in [-0.1, -0.05) is 0 Å². The number of esters is 1. The monoisotopic (exact) mass is 252 g/mol. The van der Waals surface area contributed by atoms with Gasteiger partial charge < -0.3 is 9.47 Å². The molecule has 2 rings (SSSR count). The zero-order chi connectivity index (χ0) is 13.1. The van der Waals surface area contributed by atoms with Gasteiger partial charge in [-0.3, -0.25) is 10.1 Å². The number of carbonyl (C=O) groups is 1. The lowest BCUT2D eigenvalue weighted by atomic mass is 9.96. The molecule has 96 valence electrons. The van der Waals surface area contributed by atoms with E-state index in [1.54, 1.807) is 0 Å². The number of hydrogen-bond donors (Lipinski definition) is 0. The van der Waals surface area contributed by atoms with Gasteiger partial charge in [0, 0.05) is 6.07 Å². The number of aromatic nitrogens is 1. The molecule has 0 aliphatic heterocycles. The minimum absolute atomic E-state index is 0.00239. The van der Waals surface area contributed by atoms with E-state index in [1.165, 1.54) is 19.2 Å². The van der Waals surface area contributed by atoms with Gasteiger partial charge in [0.05, 0.1) is 12.0 Å². The normalized spacial score (nSPS) is 14.7. The van der Waals surface area contributed by atoms with Crippen LogP contribution in [0.25, 0.3) is 0 Å². The zero-order valence-electron chi connectivity index (χ0n) is 9.79. The van der Waals surface area contributed by atoms with Crippen LogP contribution in [0.1, 0.15) is 29.8 Å². The molecule has 0 bridgehead atoms. The first kappa shape index (κ1) is 12.3. The third kappa shape index (κ3) is 2.39. The molecule has 1 aromatic heterocycles. The molecule has 0 unspecified atom stereocenters. The summed E-state index contributed by atoms with van der Waals surface area (Å²) in [5.41, 5.74) is -0.244. The van der Waals surface area contributed by atoms with Crippen LogP contribution in [0.5, 0.6) is 5.88 Å². The van der Waals surface area contributed by atoms with E-state index in [9.17, 15) is 14.9 Å². The molecule has 0 spiro atoms. The summed E-state index contributed by atoms with van der Waals surface area (Å²) in [4.78, 5) is 25.4. The maximum Gasteiger partial charge on any atom is 0.356 e. The summed E-state index contributed by atoms with van der Waals surface area (Å²) >= 11 is 0. The quantitative estimate of drug-likeness (QED) is 0.460. The molecule has 0 aromatic carbocycles. The van der Waals surface area contributed by atoms with Crippen LogP contribution in [-0.2, 0) is 4.74 Å². The first-order valence-corrected chi connectivity index (χ1v) is 5.52. The molecule has 1 aliphatic rings. The standard InChI is InChI=1S/C11H12N2O5/c1-17-11(14)8-5-6-9(13(15)16)10(12-8)18-7-3-2-4-7/h5-7H,2-4H2,1H3. The fraction of sp³-hybridized carbons (Fsp3) is 0.455. The van der Waals surface area contributed by atoms with Crippen molar-refractivity contribution in [1.29, 1.82) is 0 Å². The average molecular weight is 252 g/mol. The van der Waals surface area contributed by atoms with Gasteiger partial charge in [0.25, 0.3) is 5.88 Å². The number of hydrogen-bond acceptors (Lipinski definition) is 6. The minimum atomic E-state index is -0.650. The molecule has 1 fully saturated rings. The number of pyridine rings is 1. The lowest BCUT2D eigenvalue weighted by molar-refractivity contribution is -0.386. The Morgan fingerprint density at radius 1 is 1.50 bits per heavy atom. The molecular weight excluding hydrogens is 240 g/mol. The molecule has 0 radical (unpaired) electrons. The largest absolute Gasteiger partial charge is 0.469 e. The average Bonchev–Trinajstić information content (AvgIpc) is 2.32. The zero-order valence-corrected chi connectivity index (χ0v) is 9.79. The maximum atomic E-state index is 11.3. The minimum Gasteiger partial charge on any atom is -0.469 e. The third-order valence-corrected chi connectivity index (χ3v) is 2.76. The van der Waals surface area contributed by atoms with Gasteiger partial charge in [0.15, 0.2) is 5.69 Å². The van der Waals surface area contributed by atoms with Crippen molar-refractivity contribution in [2.75, 3.05) is 7.11 Å². The number of methoxy groups -OCH3 is 1. The highest BCUT2D eigenvalue weighted by atomic mass is 16.6. The maximum absolute atomic E-state index is 11.3. The van der Waals surface area contributed by atoms with E-state index < -0.39 is 10.9 Å². The SMILES string of the molecule is COC(=O)c1ccc([N+](=O)[O-])c(OC2CCC2)n1. The van der Waals surface area contributed by atoms with E-state index in [4.69, 9.17) is 4.74 Å². The number of ether oxygens (including phenoxy) is 2. The Morgan fingerprint density at radius 2 is 2.22 bits per heavy atom. The Morgan fingerprint density at radius 3 is 2.72 bits per heavy atom. The molecule has 1 aliphatic carbocycles. The number of nitrogens with zero attached hydrogens (tertiary/aromatic N) is 2. The van der Waals surface area contributed by atoms with Gasteiger partial charge in [-0.05, 0) is 25.3 Å². The van der Waals surface area contributed by atoms with Crippen molar-refractivity contribution in [3.63, 3.8) is 0 Å². The fourth-order valence-electron chi connectivity index (χ4n) is 1.52. The smallest absolute Gasteiger partial charge is 0.356 e. The van der Waals surface area contributed by atoms with Crippen molar-refractivity contribution in [2.45, 2.75) is 25.4 Å². The molecule has 1 aromatic rings. The third-order valence-electron chi connectivity index (χ3n) is 2.76. The summed E-state index contributed by atoms with van der Waals surface area (Å²) in [5, 5.41) is 10.8. The van der Waals surface area contributed by atoms with E-state index in [2.05, 4.69) is 9.72 Å². The number of carbonyl (C=O) groups excluding carboxylic acids is 1. The van der Waals surface area contributed by atoms with Crippen molar-refractivity contribution in [3.05, 3.63) is 27.9 Å². The fourth-order valence-corrected chi connectivity index (χ4v) is 1.52. The molecule has 7 nitrogen and oxygen atoms in total. The molecule has 0 atom stereocenters. The summed E-state index contributed by atoms with van der Waals surface area (Å²) < 4.78 is 9.93. The van der Waals surface area contributed by atoms with Gasteiger partial charge in [-0.25, -0.2) is 9.78 Å². The second-order valence-corrected chi connectivity index (χ2v) is 3.94. The van der Waals surface area contributed by atoms with Crippen molar-refractivity contribution < 1.29 is 19.2 Å². The Bertz CT molecular complexity index is 484. The van der Waals surface area contributed by atoms with Crippen molar-refractivity contribution >= 4 is 11.7 Å². The van der Waals surface area contributed by atoms with E-state index >= 15 is 0 Å². The highest BCUT2D eigenvalue weighted by Crippen LogP contribution is 2.30. The molecule has 0 N–H and O–H groups in total. The van der Waals surface area contributed by atoms with Crippen LogP contribution in [0.4, 0.5) is 5.69 Å². The van der Waals surface area contributed by atoms with Crippen LogP contribution in [0, 0.1) is 10.1 Å². The van der Waals surface area contributed by atoms with Crippen molar-refractivity contribution in [2.24, 2.45) is 0 Å². The topological polar surface area (TPSA) is 91.6 Å². The molecule has 0 amide bonds. The molecule has 1 heterocycles. The highest BCUT2D eigenvalue weighted by molar-refractivity contribution is 5.87. The molecule has 7 heteroatoms. The van der Waals surface area contributed by atoms with E-state index in [1.807, 2.05) is 0 Å². The van der Waals surface area contributed by atoms with Crippen LogP contribution in [0.2, 0.25) is 0 Å². The molecule has 18 heavy (non-hydrogen) atoms. The van der Waals surface area contributed by atoms with Crippen LogP contribution < -0.4 is 4.74 Å². The van der Waals surface area contributed by atoms with E-state index in [-0.39, 0.29) is 23.4 Å². The van der Waals surface area contributed by atoms with Crippen LogP contribution in [0.3, 0.4) is 0 Å². The Hall–Kier alpha value is -2.18. The summed E-state index contributed by atoms with van der Waals surface area (Å²) in [6, 6.07) is 2.45. The molecule has 1 saturated carbocycles. The summed E-state index contributed by atoms with van der Waals surface area (Å²) in [6.07, 6.45) is 2.68. The summed E-state index contributed by atoms with van der Waals surface area (Å²) in [5.74, 6) is -0.768. The van der Waals surface area contributed by atoms with Gasteiger partial charge in [-0.15, -0.1) is 0 Å². The van der Waals surface area contributed by atoms with Gasteiger partial charge in [0.1, 0.15) is 6.10 Å². The van der Waals surface area contributed by atoms with Gasteiger partial charge in [-0.2, -0.15) is 0 Å². The summed E-state index contributed by atoms with van der Waals surface area (Å²) in [7, 11) is 1.22. The summed E-state index contributed by atoms with van der Waals surface area (Å²) in [6.45, 7) is 0. The van der Waals surface area contributed by atoms with Crippen molar-refractivity contribution in [3.8, 4) is 5.88 Å². The predicted molar refractivity (Wildman–Crippen MR) is 60.5 cm³/mol. The first-order chi connectivity index (χ1) is 8.61. The van der Waals surface area contributed by atoms with Crippen LogP contribution >= 0.6 is 0 Å². The Labute approximate surface area is 103 Å². The second kappa shape index (κ2) is 4.99. The second-order valence-electron chi connectivity index (χ2n) is 3.94. The van der Waals surface area contributed by atoms with Crippen molar-refractivity contribution in [1.82, 2.24) is 4.98 Å². The number of rotatable bonds is 4. The van der Waals surface area contributed by atoms with Gasteiger partial charge >= 0.3 is 11.7 Å². The van der Waals surface area contributed by atoms with E-state index in [0.29, 0.717) is 0 Å². The van der Waals surface area contributed by atoms with Gasteiger partial charge in [0.2, 0.25) is 0 Å². The Kier molecular flexibility index (Phi) is 3.40. The first-order valence-electron chi connectivity index (χ1n) is 5.52. The van der Waals surface area contributed by atoms with E-state index in [0.717, 1.165) is 19.3 Å². The number of nitro groups is 1. The molecule has 0 saturated heterocycles. The van der Waals surface area contributed by atoms with Crippen LogP contribution in [0.15, 0.2) is 12.1 Å². The predicted octanol–water partition coefficient (Wildman–Crippen LogP) is 1.71.